The minimum Gasteiger partial charge on any atom is -0.346 e. The van der Waals surface area contributed by atoms with Gasteiger partial charge in [0.05, 0.1) is 12.5 Å². The maximum Gasteiger partial charge on any atom is 0.248 e. The van der Waals surface area contributed by atoms with Crippen LogP contribution in [-0.2, 0) is 17.8 Å². The van der Waals surface area contributed by atoms with Crippen LogP contribution in [0.4, 0.5) is 5.69 Å². The smallest absolute Gasteiger partial charge is 0.248 e. The quantitative estimate of drug-likeness (QED) is 0.655. The summed E-state index contributed by atoms with van der Waals surface area (Å²) in [5, 5.41) is 12.8. The number of nitrogens with zero attached hydrogens (tertiary/aromatic N) is 2. The van der Waals surface area contributed by atoms with E-state index in [9.17, 15) is 4.79 Å². The molecule has 0 fully saturated rings. The van der Waals surface area contributed by atoms with Crippen molar-refractivity contribution in [1.29, 1.82) is 5.26 Å². The molecule has 0 aliphatic carbocycles. The van der Waals surface area contributed by atoms with Gasteiger partial charge >= 0.3 is 0 Å². The number of para-hydroxylation sites is 1. The Hall–Kier alpha value is -3.32. The zero-order valence-electron chi connectivity index (χ0n) is 14.8. The highest BCUT2D eigenvalue weighted by molar-refractivity contribution is 6.03. The molecule has 4 nitrogen and oxygen atoms in total. The van der Waals surface area contributed by atoms with Gasteiger partial charge in [0.1, 0.15) is 0 Å². The lowest BCUT2D eigenvalue weighted by molar-refractivity contribution is -0.111. The van der Waals surface area contributed by atoms with E-state index in [2.05, 4.69) is 22.9 Å². The number of anilines is 1. The molecule has 0 spiro atoms. The summed E-state index contributed by atoms with van der Waals surface area (Å²) < 4.78 is 2.06. The number of hydrogen-bond donors (Lipinski definition) is 1. The number of fused-ring (bicyclic) bond motifs is 1. The van der Waals surface area contributed by atoms with Crippen molar-refractivity contribution >= 4 is 28.6 Å². The van der Waals surface area contributed by atoms with Gasteiger partial charge in [0, 0.05) is 41.0 Å². The van der Waals surface area contributed by atoms with Crippen LogP contribution in [0.5, 0.6) is 0 Å². The van der Waals surface area contributed by atoms with Crippen molar-refractivity contribution in [2.45, 2.75) is 26.3 Å². The Morgan fingerprint density at radius 1 is 1.23 bits per heavy atom. The van der Waals surface area contributed by atoms with Crippen LogP contribution in [0.3, 0.4) is 0 Å². The van der Waals surface area contributed by atoms with Crippen LogP contribution in [0, 0.1) is 11.3 Å². The van der Waals surface area contributed by atoms with Gasteiger partial charge in [0.15, 0.2) is 0 Å². The molecular weight excluding hydrogens is 322 g/mol. The second kappa shape index (κ2) is 8.17. The van der Waals surface area contributed by atoms with Gasteiger partial charge in [-0.2, -0.15) is 5.26 Å². The van der Waals surface area contributed by atoms with Gasteiger partial charge in [0.2, 0.25) is 5.91 Å². The molecule has 0 radical (unpaired) electrons. The highest BCUT2D eigenvalue weighted by atomic mass is 16.1. The van der Waals surface area contributed by atoms with Crippen LogP contribution in [0.1, 0.15) is 24.5 Å². The molecule has 0 atom stereocenters. The Labute approximate surface area is 153 Å². The molecule has 1 amide bonds. The van der Waals surface area contributed by atoms with E-state index < -0.39 is 0 Å². The average Bonchev–Trinajstić information content (AvgIpc) is 3.03. The predicted octanol–water partition coefficient (Wildman–Crippen LogP) is 4.77. The standard InChI is InChI=1S/C22H21N3O/c1-2-17-7-5-8-19(15-17)24-22(26)12-11-18-16-25(14-6-13-23)21-10-4-3-9-20(18)21/h3-5,7-12,15-16H,2,6,14H2,1H3,(H,24,26)/b12-11+. The minimum atomic E-state index is -0.160. The van der Waals surface area contributed by atoms with Gasteiger partial charge in [-0.25, -0.2) is 0 Å². The lowest BCUT2D eigenvalue weighted by Crippen LogP contribution is -2.07. The lowest BCUT2D eigenvalue weighted by Gasteiger charge is -2.04. The Balaban J connectivity index is 1.79. The molecular formula is C22H21N3O. The third-order valence-electron chi connectivity index (χ3n) is 4.30. The van der Waals surface area contributed by atoms with E-state index >= 15 is 0 Å². The summed E-state index contributed by atoms with van der Waals surface area (Å²) in [5.74, 6) is -0.160. The third-order valence-corrected chi connectivity index (χ3v) is 4.30. The van der Waals surface area contributed by atoms with E-state index in [1.807, 2.05) is 60.8 Å². The first-order valence-electron chi connectivity index (χ1n) is 8.74. The number of aromatic nitrogens is 1. The molecule has 2 aromatic carbocycles. The van der Waals surface area contributed by atoms with Crippen LogP contribution in [-0.4, -0.2) is 10.5 Å². The minimum absolute atomic E-state index is 0.160. The Kier molecular flexibility index (Phi) is 5.50. The number of benzene rings is 2. The fraction of sp³-hybridized carbons (Fsp3) is 0.182. The lowest BCUT2D eigenvalue weighted by atomic mass is 10.1. The van der Waals surface area contributed by atoms with E-state index in [1.54, 1.807) is 6.08 Å². The average molecular weight is 343 g/mol. The summed E-state index contributed by atoms with van der Waals surface area (Å²) in [6.45, 7) is 2.73. The van der Waals surface area contributed by atoms with E-state index in [4.69, 9.17) is 5.26 Å². The number of carbonyl (C=O) groups excluding carboxylic acids is 1. The summed E-state index contributed by atoms with van der Waals surface area (Å²) >= 11 is 0. The van der Waals surface area contributed by atoms with E-state index in [0.29, 0.717) is 13.0 Å². The topological polar surface area (TPSA) is 57.8 Å². The molecule has 26 heavy (non-hydrogen) atoms. The fourth-order valence-electron chi connectivity index (χ4n) is 2.98. The maximum absolute atomic E-state index is 12.3. The van der Waals surface area contributed by atoms with Crippen molar-refractivity contribution in [3.63, 3.8) is 0 Å². The molecule has 4 heteroatoms. The number of rotatable bonds is 6. The monoisotopic (exact) mass is 343 g/mol. The molecule has 0 saturated heterocycles. The van der Waals surface area contributed by atoms with Crippen LogP contribution >= 0.6 is 0 Å². The van der Waals surface area contributed by atoms with Crippen molar-refractivity contribution in [3.05, 3.63) is 71.9 Å². The molecule has 1 aromatic heterocycles. The number of carbonyl (C=O) groups is 1. The van der Waals surface area contributed by atoms with Crippen molar-refractivity contribution in [2.75, 3.05) is 5.32 Å². The van der Waals surface area contributed by atoms with Gasteiger partial charge in [-0.1, -0.05) is 37.3 Å². The SMILES string of the molecule is CCc1cccc(NC(=O)/C=C/c2cn(CCC#N)c3ccccc23)c1. The second-order valence-electron chi connectivity index (χ2n) is 6.08. The number of hydrogen-bond acceptors (Lipinski definition) is 2. The van der Waals surface area contributed by atoms with Crippen molar-refractivity contribution in [1.82, 2.24) is 4.57 Å². The molecule has 1 heterocycles. The van der Waals surface area contributed by atoms with Crippen LogP contribution < -0.4 is 5.32 Å². The van der Waals surface area contributed by atoms with E-state index in [1.165, 1.54) is 5.56 Å². The molecule has 3 rings (SSSR count). The molecule has 0 unspecified atom stereocenters. The number of aryl methyl sites for hydroxylation is 2. The zero-order valence-corrected chi connectivity index (χ0v) is 14.8. The zero-order chi connectivity index (χ0) is 18.4. The van der Waals surface area contributed by atoms with Crippen molar-refractivity contribution in [2.24, 2.45) is 0 Å². The largest absolute Gasteiger partial charge is 0.346 e. The summed E-state index contributed by atoms with van der Waals surface area (Å²) in [5.41, 5.74) is 4.03. The normalized spacial score (nSPS) is 10.9. The third kappa shape index (κ3) is 4.01. The van der Waals surface area contributed by atoms with Gasteiger partial charge in [-0.05, 0) is 36.3 Å². The van der Waals surface area contributed by atoms with Crippen LogP contribution in [0.15, 0.2) is 60.8 Å². The Bertz CT molecular complexity index is 992. The molecule has 130 valence electrons. The van der Waals surface area contributed by atoms with Crippen LogP contribution in [0.2, 0.25) is 0 Å². The summed E-state index contributed by atoms with van der Waals surface area (Å²) in [7, 11) is 0. The van der Waals surface area contributed by atoms with Crippen molar-refractivity contribution < 1.29 is 4.79 Å². The molecule has 0 saturated carbocycles. The van der Waals surface area contributed by atoms with Gasteiger partial charge in [0.25, 0.3) is 0 Å². The molecule has 3 aromatic rings. The first-order chi connectivity index (χ1) is 12.7. The van der Waals surface area contributed by atoms with Gasteiger partial charge in [-0.15, -0.1) is 0 Å². The first-order valence-corrected chi connectivity index (χ1v) is 8.74. The van der Waals surface area contributed by atoms with E-state index in [0.717, 1.165) is 28.6 Å². The summed E-state index contributed by atoms with van der Waals surface area (Å²) in [6, 6.07) is 18.0. The fourth-order valence-corrected chi connectivity index (χ4v) is 2.98. The van der Waals surface area contributed by atoms with Crippen molar-refractivity contribution in [3.8, 4) is 6.07 Å². The van der Waals surface area contributed by atoms with E-state index in [-0.39, 0.29) is 5.91 Å². The highest BCUT2D eigenvalue weighted by Crippen LogP contribution is 2.23. The Morgan fingerprint density at radius 3 is 2.88 bits per heavy atom. The molecule has 0 aliphatic heterocycles. The van der Waals surface area contributed by atoms with Gasteiger partial charge in [-0.3, -0.25) is 4.79 Å². The number of amides is 1. The predicted molar refractivity (Wildman–Crippen MR) is 106 cm³/mol. The first kappa shape index (κ1) is 17.5. The molecule has 1 N–H and O–H groups in total. The molecule has 0 aliphatic rings. The number of nitrogens with one attached hydrogen (secondary N) is 1. The van der Waals surface area contributed by atoms with Crippen LogP contribution in [0.25, 0.3) is 17.0 Å². The second-order valence-corrected chi connectivity index (χ2v) is 6.08. The Morgan fingerprint density at radius 2 is 2.08 bits per heavy atom. The number of nitriles is 1. The summed E-state index contributed by atoms with van der Waals surface area (Å²) in [4.78, 5) is 12.3. The highest BCUT2D eigenvalue weighted by Gasteiger charge is 2.06. The summed E-state index contributed by atoms with van der Waals surface area (Å²) in [6.07, 6.45) is 6.75. The van der Waals surface area contributed by atoms with Gasteiger partial charge < -0.3 is 9.88 Å². The molecule has 0 bridgehead atoms. The maximum atomic E-state index is 12.3.